The molecule has 3 heterocycles. The van der Waals surface area contributed by atoms with Crippen molar-refractivity contribution in [3.63, 3.8) is 0 Å². The maximum absolute atomic E-state index is 12.4. The molecular weight excluding hydrogens is 314 g/mol. The number of rotatable bonds is 5. The highest BCUT2D eigenvalue weighted by molar-refractivity contribution is 7.10. The van der Waals surface area contributed by atoms with Crippen LogP contribution in [-0.4, -0.2) is 47.3 Å². The summed E-state index contributed by atoms with van der Waals surface area (Å²) in [5.41, 5.74) is 0. The topological polar surface area (TPSA) is 64.6 Å². The highest BCUT2D eigenvalue weighted by Gasteiger charge is 2.25. The third-order valence-corrected chi connectivity index (χ3v) is 4.62. The molecule has 6 nitrogen and oxygen atoms in total. The molecule has 1 unspecified atom stereocenters. The number of thiophene rings is 1. The number of likely N-dealkylation sites (tertiary alicyclic amines) is 1. The van der Waals surface area contributed by atoms with Gasteiger partial charge in [-0.25, -0.2) is 0 Å². The molecule has 1 fully saturated rings. The van der Waals surface area contributed by atoms with Crippen LogP contribution in [0.4, 0.5) is 0 Å². The standard InChI is InChI=1S/C16H19N3O3S/c1-21-14-6-7-15(18-17-14)22-12-4-2-8-19(11-12)16(20)10-13-5-3-9-23-13/h3,5-7,9,12H,2,4,8,10-11H2,1H3. The van der Waals surface area contributed by atoms with Gasteiger partial charge < -0.3 is 14.4 Å². The molecule has 1 saturated heterocycles. The summed E-state index contributed by atoms with van der Waals surface area (Å²) in [4.78, 5) is 15.4. The van der Waals surface area contributed by atoms with Gasteiger partial charge in [0.1, 0.15) is 6.10 Å². The van der Waals surface area contributed by atoms with Crippen molar-refractivity contribution < 1.29 is 14.3 Å². The fourth-order valence-electron chi connectivity index (χ4n) is 2.59. The zero-order chi connectivity index (χ0) is 16.1. The Morgan fingerprint density at radius 3 is 2.87 bits per heavy atom. The van der Waals surface area contributed by atoms with E-state index in [1.807, 2.05) is 22.4 Å². The second-order valence-electron chi connectivity index (χ2n) is 5.39. The predicted octanol–water partition coefficient (Wildman–Crippen LogP) is 2.16. The quantitative estimate of drug-likeness (QED) is 0.839. The maximum Gasteiger partial charge on any atom is 0.233 e. The average Bonchev–Trinajstić information content (AvgIpc) is 3.09. The van der Waals surface area contributed by atoms with E-state index in [1.54, 1.807) is 30.6 Å². The van der Waals surface area contributed by atoms with E-state index >= 15 is 0 Å². The number of piperidine rings is 1. The lowest BCUT2D eigenvalue weighted by atomic mass is 10.1. The second-order valence-corrected chi connectivity index (χ2v) is 6.42. The van der Waals surface area contributed by atoms with E-state index in [0.717, 1.165) is 24.3 Å². The first-order valence-electron chi connectivity index (χ1n) is 7.59. The van der Waals surface area contributed by atoms with E-state index in [9.17, 15) is 4.79 Å². The fourth-order valence-corrected chi connectivity index (χ4v) is 3.28. The molecule has 3 rings (SSSR count). The van der Waals surface area contributed by atoms with Crippen LogP contribution in [-0.2, 0) is 11.2 Å². The van der Waals surface area contributed by atoms with Crippen LogP contribution in [0.25, 0.3) is 0 Å². The Kier molecular flexibility index (Phi) is 5.07. The van der Waals surface area contributed by atoms with Crippen molar-refractivity contribution in [2.24, 2.45) is 0 Å². The molecule has 0 radical (unpaired) electrons. The molecule has 0 N–H and O–H groups in total. The smallest absolute Gasteiger partial charge is 0.233 e. The number of hydrogen-bond acceptors (Lipinski definition) is 6. The molecule has 7 heteroatoms. The summed E-state index contributed by atoms with van der Waals surface area (Å²) in [6, 6.07) is 7.41. The fraction of sp³-hybridized carbons (Fsp3) is 0.438. The van der Waals surface area contributed by atoms with Crippen molar-refractivity contribution in [1.82, 2.24) is 15.1 Å². The molecule has 0 spiro atoms. The van der Waals surface area contributed by atoms with Crippen molar-refractivity contribution in [2.75, 3.05) is 20.2 Å². The number of ether oxygens (including phenoxy) is 2. The molecular formula is C16H19N3O3S. The summed E-state index contributed by atoms with van der Waals surface area (Å²) < 4.78 is 10.8. The van der Waals surface area contributed by atoms with E-state index in [2.05, 4.69) is 10.2 Å². The van der Waals surface area contributed by atoms with Crippen LogP contribution in [0.5, 0.6) is 11.8 Å². The highest BCUT2D eigenvalue weighted by Crippen LogP contribution is 2.19. The summed E-state index contributed by atoms with van der Waals surface area (Å²) in [5, 5.41) is 9.86. The molecule has 1 aliphatic heterocycles. The Labute approximate surface area is 139 Å². The van der Waals surface area contributed by atoms with E-state index in [4.69, 9.17) is 9.47 Å². The molecule has 2 aromatic rings. The SMILES string of the molecule is COc1ccc(OC2CCCN(C(=O)Cc3cccs3)C2)nn1. The van der Waals surface area contributed by atoms with Gasteiger partial charge in [-0.3, -0.25) is 4.79 Å². The zero-order valence-corrected chi connectivity index (χ0v) is 13.8. The lowest BCUT2D eigenvalue weighted by Crippen LogP contribution is -2.45. The van der Waals surface area contributed by atoms with Crippen molar-refractivity contribution in [3.8, 4) is 11.8 Å². The van der Waals surface area contributed by atoms with Crippen molar-refractivity contribution >= 4 is 17.2 Å². The normalized spacial score (nSPS) is 17.8. The van der Waals surface area contributed by atoms with Gasteiger partial charge in [0.25, 0.3) is 0 Å². The van der Waals surface area contributed by atoms with Gasteiger partial charge in [0.05, 0.1) is 20.1 Å². The number of carbonyl (C=O) groups excluding carboxylic acids is 1. The Balaban J connectivity index is 1.55. The number of carbonyl (C=O) groups is 1. The van der Waals surface area contributed by atoms with Crippen LogP contribution < -0.4 is 9.47 Å². The molecule has 0 aliphatic carbocycles. The molecule has 1 aliphatic rings. The van der Waals surface area contributed by atoms with E-state index in [1.165, 1.54) is 0 Å². The van der Waals surface area contributed by atoms with Gasteiger partial charge in [0.15, 0.2) is 0 Å². The summed E-state index contributed by atoms with van der Waals surface area (Å²) in [7, 11) is 1.54. The molecule has 23 heavy (non-hydrogen) atoms. The summed E-state index contributed by atoms with van der Waals surface area (Å²) >= 11 is 1.61. The van der Waals surface area contributed by atoms with Crippen LogP contribution >= 0.6 is 11.3 Å². The summed E-state index contributed by atoms with van der Waals surface area (Å²) in [5.74, 6) is 1.07. The Hall–Kier alpha value is -2.15. The first-order chi connectivity index (χ1) is 11.2. The van der Waals surface area contributed by atoms with E-state index in [-0.39, 0.29) is 12.0 Å². The number of methoxy groups -OCH3 is 1. The maximum atomic E-state index is 12.4. The van der Waals surface area contributed by atoms with Gasteiger partial charge in [0, 0.05) is 23.6 Å². The Bertz CT molecular complexity index is 631. The molecule has 2 aromatic heterocycles. The lowest BCUT2D eigenvalue weighted by molar-refractivity contribution is -0.133. The van der Waals surface area contributed by atoms with Gasteiger partial charge >= 0.3 is 0 Å². The molecule has 0 bridgehead atoms. The Morgan fingerprint density at radius 1 is 1.35 bits per heavy atom. The van der Waals surface area contributed by atoms with Gasteiger partial charge in [-0.2, -0.15) is 0 Å². The summed E-state index contributed by atoms with van der Waals surface area (Å²) in [6.45, 7) is 1.39. The summed E-state index contributed by atoms with van der Waals surface area (Å²) in [6.07, 6.45) is 2.27. The van der Waals surface area contributed by atoms with Crippen molar-refractivity contribution in [2.45, 2.75) is 25.4 Å². The van der Waals surface area contributed by atoms with Crippen LogP contribution in [0.2, 0.25) is 0 Å². The predicted molar refractivity (Wildman–Crippen MR) is 86.8 cm³/mol. The van der Waals surface area contributed by atoms with Crippen molar-refractivity contribution in [1.29, 1.82) is 0 Å². The van der Waals surface area contributed by atoms with Gasteiger partial charge in [-0.05, 0) is 24.3 Å². The Morgan fingerprint density at radius 2 is 2.17 bits per heavy atom. The van der Waals surface area contributed by atoms with Crippen LogP contribution in [0.15, 0.2) is 29.6 Å². The number of amides is 1. The molecule has 1 atom stereocenters. The zero-order valence-electron chi connectivity index (χ0n) is 13.0. The molecule has 0 saturated carbocycles. The van der Waals surface area contributed by atoms with Crippen molar-refractivity contribution in [3.05, 3.63) is 34.5 Å². The van der Waals surface area contributed by atoms with Crippen LogP contribution in [0.1, 0.15) is 17.7 Å². The molecule has 122 valence electrons. The first-order valence-corrected chi connectivity index (χ1v) is 8.47. The third-order valence-electron chi connectivity index (χ3n) is 3.75. The highest BCUT2D eigenvalue weighted by atomic mass is 32.1. The average molecular weight is 333 g/mol. The van der Waals surface area contributed by atoms with Gasteiger partial charge in [-0.15, -0.1) is 21.5 Å². The first kappa shape index (κ1) is 15.7. The van der Waals surface area contributed by atoms with Crippen LogP contribution in [0.3, 0.4) is 0 Å². The van der Waals surface area contributed by atoms with E-state index in [0.29, 0.717) is 24.7 Å². The number of aromatic nitrogens is 2. The van der Waals surface area contributed by atoms with Gasteiger partial charge in [0.2, 0.25) is 17.7 Å². The lowest BCUT2D eigenvalue weighted by Gasteiger charge is -2.32. The molecule has 1 amide bonds. The van der Waals surface area contributed by atoms with Gasteiger partial charge in [-0.1, -0.05) is 6.07 Å². The number of nitrogens with zero attached hydrogens (tertiary/aromatic N) is 3. The second kappa shape index (κ2) is 7.41. The monoisotopic (exact) mass is 333 g/mol. The van der Waals surface area contributed by atoms with E-state index < -0.39 is 0 Å². The molecule has 0 aromatic carbocycles. The van der Waals surface area contributed by atoms with Crippen LogP contribution in [0, 0.1) is 0 Å². The number of hydrogen-bond donors (Lipinski definition) is 0. The third kappa shape index (κ3) is 4.19. The largest absolute Gasteiger partial charge is 0.480 e. The minimum absolute atomic E-state index is 0.0428. The minimum atomic E-state index is -0.0428. The minimum Gasteiger partial charge on any atom is -0.480 e.